The zero-order valence-electron chi connectivity index (χ0n) is 7.90. The van der Waals surface area contributed by atoms with E-state index in [0.717, 1.165) is 24.3 Å². The first-order chi connectivity index (χ1) is 7.49. The van der Waals surface area contributed by atoms with Gasteiger partial charge < -0.3 is 4.74 Å². The molecule has 0 N–H and O–H groups in total. The van der Waals surface area contributed by atoms with Crippen molar-refractivity contribution in [2.45, 2.75) is 11.2 Å². The molecule has 16 heavy (non-hydrogen) atoms. The largest absolute Gasteiger partial charge is 0.344 e. The van der Waals surface area contributed by atoms with E-state index in [4.69, 9.17) is 0 Å². The molecule has 1 atom stereocenters. The lowest BCUT2D eigenvalue weighted by Gasteiger charge is -2.01. The zero-order valence-corrected chi connectivity index (χ0v) is 8.72. The van der Waals surface area contributed by atoms with Gasteiger partial charge in [0.15, 0.2) is 6.29 Å². The van der Waals surface area contributed by atoms with Crippen molar-refractivity contribution < 1.29 is 22.3 Å². The van der Waals surface area contributed by atoms with E-state index in [2.05, 4.69) is 8.92 Å². The Morgan fingerprint density at radius 3 is 2.38 bits per heavy atom. The summed E-state index contributed by atoms with van der Waals surface area (Å²) in [5.41, 5.74) is -0.179. The van der Waals surface area contributed by atoms with E-state index >= 15 is 0 Å². The van der Waals surface area contributed by atoms with E-state index in [-0.39, 0.29) is 17.2 Å². The summed E-state index contributed by atoms with van der Waals surface area (Å²) in [5, 5.41) is 10.4. The molecule has 1 fully saturated rings. The van der Waals surface area contributed by atoms with Gasteiger partial charge in [0.25, 0.3) is 15.8 Å². The van der Waals surface area contributed by atoms with Gasteiger partial charge >= 0.3 is 0 Å². The fourth-order valence-electron chi connectivity index (χ4n) is 1.03. The standard InChI is InChI=1S/C8H7NO6S/c10-9(11)6-1-3-7(4-2-6)16(12,13)15-8-5-14-8/h1-4,8H,5H2. The third-order valence-corrected chi connectivity index (χ3v) is 3.19. The smallest absolute Gasteiger partial charge is 0.299 e. The molecule has 8 heteroatoms. The fourth-order valence-corrected chi connectivity index (χ4v) is 2.00. The summed E-state index contributed by atoms with van der Waals surface area (Å²) in [5.74, 6) is 0. The van der Waals surface area contributed by atoms with Gasteiger partial charge in [0.05, 0.1) is 9.82 Å². The molecule has 0 bridgehead atoms. The van der Waals surface area contributed by atoms with Gasteiger partial charge in [-0.25, -0.2) is 4.18 Å². The zero-order chi connectivity index (χ0) is 11.8. The van der Waals surface area contributed by atoms with E-state index in [0.29, 0.717) is 0 Å². The first-order valence-corrected chi connectivity index (χ1v) is 5.69. The molecule has 1 aliphatic heterocycles. The summed E-state index contributed by atoms with van der Waals surface area (Å²) >= 11 is 0. The van der Waals surface area contributed by atoms with Crippen LogP contribution < -0.4 is 0 Å². The highest BCUT2D eigenvalue weighted by atomic mass is 32.2. The highest BCUT2D eigenvalue weighted by Crippen LogP contribution is 2.22. The summed E-state index contributed by atoms with van der Waals surface area (Å²) in [6.07, 6.45) is -0.722. The van der Waals surface area contributed by atoms with Crippen molar-refractivity contribution in [1.29, 1.82) is 0 Å². The van der Waals surface area contributed by atoms with Gasteiger partial charge in [-0.1, -0.05) is 0 Å². The minimum atomic E-state index is -3.89. The second-order valence-electron chi connectivity index (χ2n) is 3.06. The number of epoxide rings is 1. The van der Waals surface area contributed by atoms with Crippen molar-refractivity contribution in [1.82, 2.24) is 0 Å². The summed E-state index contributed by atoms with van der Waals surface area (Å²) < 4.78 is 32.2. The lowest BCUT2D eigenvalue weighted by atomic mass is 10.3. The second kappa shape index (κ2) is 3.81. The Morgan fingerprint density at radius 2 is 1.94 bits per heavy atom. The topological polar surface area (TPSA) is 99.0 Å². The quantitative estimate of drug-likeness (QED) is 0.334. The van der Waals surface area contributed by atoms with Gasteiger partial charge in [0, 0.05) is 12.1 Å². The predicted octanol–water partition coefficient (Wildman–Crippen LogP) is 0.656. The Kier molecular flexibility index (Phi) is 2.62. The molecule has 0 amide bonds. The SMILES string of the molecule is O=[N+]([O-])c1ccc(S(=O)(=O)OC2CO2)cc1. The van der Waals surface area contributed by atoms with E-state index in [1.165, 1.54) is 0 Å². The third-order valence-electron chi connectivity index (χ3n) is 1.87. The fraction of sp³-hybridized carbons (Fsp3) is 0.250. The predicted molar refractivity (Wildman–Crippen MR) is 51.1 cm³/mol. The molecule has 0 saturated carbocycles. The molecule has 0 aromatic heterocycles. The number of ether oxygens (including phenoxy) is 1. The number of hydrogen-bond donors (Lipinski definition) is 0. The van der Waals surface area contributed by atoms with E-state index < -0.39 is 21.3 Å². The maximum atomic E-state index is 11.5. The Balaban J connectivity index is 2.23. The molecule has 2 rings (SSSR count). The van der Waals surface area contributed by atoms with Crippen LogP contribution in [0.2, 0.25) is 0 Å². The maximum Gasteiger partial charge on any atom is 0.299 e. The normalized spacial score (nSPS) is 19.4. The molecular weight excluding hydrogens is 238 g/mol. The molecule has 0 aliphatic carbocycles. The minimum Gasteiger partial charge on any atom is -0.344 e. The lowest BCUT2D eigenvalue weighted by Crippen LogP contribution is -2.08. The third kappa shape index (κ3) is 2.35. The number of rotatable bonds is 4. The van der Waals surface area contributed by atoms with Gasteiger partial charge in [-0.2, -0.15) is 8.42 Å². The van der Waals surface area contributed by atoms with Crippen LogP contribution in [0.15, 0.2) is 29.2 Å². The lowest BCUT2D eigenvalue weighted by molar-refractivity contribution is -0.384. The van der Waals surface area contributed by atoms with Crippen LogP contribution in [-0.2, 0) is 19.0 Å². The number of nitro benzene ring substituents is 1. The highest BCUT2D eigenvalue weighted by Gasteiger charge is 2.31. The van der Waals surface area contributed by atoms with Crippen LogP contribution in [0.3, 0.4) is 0 Å². The Bertz CT molecular complexity index is 504. The summed E-state index contributed by atoms with van der Waals surface area (Å²) in [4.78, 5) is 9.61. The molecule has 0 spiro atoms. The van der Waals surface area contributed by atoms with Crippen LogP contribution in [0, 0.1) is 10.1 Å². The van der Waals surface area contributed by atoms with Crippen LogP contribution in [0.1, 0.15) is 0 Å². The second-order valence-corrected chi connectivity index (χ2v) is 4.64. The number of benzene rings is 1. The van der Waals surface area contributed by atoms with Crippen molar-refractivity contribution in [3.63, 3.8) is 0 Å². The first-order valence-electron chi connectivity index (χ1n) is 4.28. The molecule has 1 heterocycles. The molecule has 1 aliphatic rings. The van der Waals surface area contributed by atoms with E-state index in [1.807, 2.05) is 0 Å². The van der Waals surface area contributed by atoms with Crippen LogP contribution in [0.4, 0.5) is 5.69 Å². The molecule has 1 saturated heterocycles. The number of nitrogens with zero attached hydrogens (tertiary/aromatic N) is 1. The molecule has 7 nitrogen and oxygen atoms in total. The molecule has 86 valence electrons. The van der Waals surface area contributed by atoms with Gasteiger partial charge in [-0.3, -0.25) is 10.1 Å². The molecule has 1 aromatic rings. The monoisotopic (exact) mass is 245 g/mol. The minimum absolute atomic E-state index is 0.131. The van der Waals surface area contributed by atoms with Gasteiger partial charge in [-0.05, 0) is 12.1 Å². The average molecular weight is 245 g/mol. The Hall–Kier alpha value is -1.51. The molecule has 1 unspecified atom stereocenters. The average Bonchev–Trinajstić information content (AvgIpc) is 3.01. The summed E-state index contributed by atoms with van der Waals surface area (Å²) in [6, 6.07) is 4.44. The molecular formula is C8H7NO6S. The first kappa shape index (κ1) is 11.0. The number of nitro groups is 1. The van der Waals surface area contributed by atoms with E-state index in [9.17, 15) is 18.5 Å². The molecule has 0 radical (unpaired) electrons. The van der Waals surface area contributed by atoms with Crippen LogP contribution >= 0.6 is 0 Å². The van der Waals surface area contributed by atoms with Crippen molar-refractivity contribution >= 4 is 15.8 Å². The Morgan fingerprint density at radius 1 is 1.38 bits per heavy atom. The maximum absolute atomic E-state index is 11.5. The van der Waals surface area contributed by atoms with Gasteiger partial charge in [-0.15, -0.1) is 0 Å². The summed E-state index contributed by atoms with van der Waals surface area (Å²) in [7, 11) is -3.89. The number of hydrogen-bond acceptors (Lipinski definition) is 6. The Labute approximate surface area is 90.9 Å². The number of non-ortho nitro benzene ring substituents is 1. The van der Waals surface area contributed by atoms with E-state index in [1.54, 1.807) is 0 Å². The van der Waals surface area contributed by atoms with Crippen molar-refractivity contribution in [2.75, 3.05) is 6.61 Å². The molecule has 1 aromatic carbocycles. The van der Waals surface area contributed by atoms with Crippen LogP contribution in [0.5, 0.6) is 0 Å². The van der Waals surface area contributed by atoms with Gasteiger partial charge in [0.1, 0.15) is 6.61 Å². The van der Waals surface area contributed by atoms with Crippen molar-refractivity contribution in [3.8, 4) is 0 Å². The van der Waals surface area contributed by atoms with Crippen LogP contribution in [0.25, 0.3) is 0 Å². The van der Waals surface area contributed by atoms with Crippen molar-refractivity contribution in [3.05, 3.63) is 34.4 Å². The van der Waals surface area contributed by atoms with Crippen LogP contribution in [-0.4, -0.2) is 26.2 Å². The van der Waals surface area contributed by atoms with Crippen molar-refractivity contribution in [2.24, 2.45) is 0 Å². The highest BCUT2D eigenvalue weighted by molar-refractivity contribution is 7.86. The van der Waals surface area contributed by atoms with Gasteiger partial charge in [0.2, 0.25) is 0 Å². The summed E-state index contributed by atoms with van der Waals surface area (Å²) in [6.45, 7) is 0.242.